The molecule has 20 heavy (non-hydrogen) atoms. The average molecular weight is 276 g/mol. The number of aryl methyl sites for hydroxylation is 3. The third-order valence-corrected chi connectivity index (χ3v) is 4.67. The zero-order chi connectivity index (χ0) is 14.7. The molecule has 1 aromatic carbocycles. The largest absolute Gasteiger partial charge is 0.396 e. The fourth-order valence-corrected chi connectivity index (χ4v) is 3.05. The van der Waals surface area contributed by atoms with Crippen LogP contribution in [0.1, 0.15) is 28.7 Å². The SMILES string of the molecule is Cc1cc(C)c(CN2CCN(C)[C@H](CCO)C2)cc1C. The number of hydrogen-bond donors (Lipinski definition) is 1. The van der Waals surface area contributed by atoms with Crippen molar-refractivity contribution in [3.05, 3.63) is 34.4 Å². The first-order chi connectivity index (χ1) is 9.51. The molecule has 0 radical (unpaired) electrons. The molecule has 1 saturated heterocycles. The van der Waals surface area contributed by atoms with Crippen molar-refractivity contribution in [1.82, 2.24) is 9.80 Å². The standard InChI is InChI=1S/C17H28N2O/c1-13-9-15(3)16(10-14(13)2)11-19-7-6-18(4)17(12-19)5-8-20/h9-10,17,20H,5-8,11-12H2,1-4H3/t17-/m1/s1. The van der Waals surface area contributed by atoms with Crippen molar-refractivity contribution in [3.63, 3.8) is 0 Å². The Labute approximate surface area is 123 Å². The fourth-order valence-electron chi connectivity index (χ4n) is 3.05. The van der Waals surface area contributed by atoms with E-state index in [1.54, 1.807) is 0 Å². The molecule has 0 unspecified atom stereocenters. The van der Waals surface area contributed by atoms with Crippen LogP contribution in [0.15, 0.2) is 12.1 Å². The molecule has 0 spiro atoms. The first-order valence-corrected chi connectivity index (χ1v) is 7.61. The second-order valence-electron chi connectivity index (χ2n) is 6.24. The smallest absolute Gasteiger partial charge is 0.0446 e. The van der Waals surface area contributed by atoms with Crippen LogP contribution in [0.2, 0.25) is 0 Å². The summed E-state index contributed by atoms with van der Waals surface area (Å²) in [5.74, 6) is 0. The van der Waals surface area contributed by atoms with Gasteiger partial charge in [0.1, 0.15) is 0 Å². The van der Waals surface area contributed by atoms with E-state index in [4.69, 9.17) is 0 Å². The van der Waals surface area contributed by atoms with Crippen LogP contribution in [-0.2, 0) is 6.54 Å². The molecule has 1 atom stereocenters. The number of aliphatic hydroxyl groups is 1. The molecular weight excluding hydrogens is 248 g/mol. The first kappa shape index (κ1) is 15.5. The minimum atomic E-state index is 0.283. The molecule has 0 saturated carbocycles. The van der Waals surface area contributed by atoms with Gasteiger partial charge < -0.3 is 10.0 Å². The maximum absolute atomic E-state index is 9.18. The van der Waals surface area contributed by atoms with Gasteiger partial charge in [0.2, 0.25) is 0 Å². The van der Waals surface area contributed by atoms with Crippen LogP contribution in [0, 0.1) is 20.8 Å². The quantitative estimate of drug-likeness (QED) is 0.912. The Balaban J connectivity index is 2.05. The monoisotopic (exact) mass is 276 g/mol. The number of rotatable bonds is 4. The lowest BCUT2D eigenvalue weighted by Gasteiger charge is -2.39. The Morgan fingerprint density at radius 2 is 1.80 bits per heavy atom. The zero-order valence-corrected chi connectivity index (χ0v) is 13.3. The van der Waals surface area contributed by atoms with Gasteiger partial charge in [-0.25, -0.2) is 0 Å². The summed E-state index contributed by atoms with van der Waals surface area (Å²) in [5.41, 5.74) is 5.60. The van der Waals surface area contributed by atoms with E-state index in [1.807, 2.05) is 0 Å². The van der Waals surface area contributed by atoms with E-state index in [9.17, 15) is 5.11 Å². The molecule has 0 aromatic heterocycles. The van der Waals surface area contributed by atoms with Crippen LogP contribution in [0.3, 0.4) is 0 Å². The first-order valence-electron chi connectivity index (χ1n) is 7.61. The van der Waals surface area contributed by atoms with Crippen LogP contribution in [0.5, 0.6) is 0 Å². The summed E-state index contributed by atoms with van der Waals surface area (Å²) in [7, 11) is 2.17. The Kier molecular flexibility index (Phi) is 5.19. The molecule has 3 nitrogen and oxygen atoms in total. The molecule has 1 aliphatic rings. The lowest BCUT2D eigenvalue weighted by Crippen LogP contribution is -2.51. The highest BCUT2D eigenvalue weighted by Crippen LogP contribution is 2.19. The molecule has 1 fully saturated rings. The number of nitrogens with zero attached hydrogens (tertiary/aromatic N) is 2. The van der Waals surface area contributed by atoms with Crippen molar-refractivity contribution in [2.24, 2.45) is 0 Å². The van der Waals surface area contributed by atoms with E-state index in [0.29, 0.717) is 6.04 Å². The maximum atomic E-state index is 9.18. The number of hydrogen-bond acceptors (Lipinski definition) is 3. The van der Waals surface area contributed by atoms with Gasteiger partial charge in [0.05, 0.1) is 0 Å². The Bertz CT molecular complexity index is 459. The van der Waals surface area contributed by atoms with Gasteiger partial charge >= 0.3 is 0 Å². The lowest BCUT2D eigenvalue weighted by atomic mass is 10.00. The van der Waals surface area contributed by atoms with E-state index < -0.39 is 0 Å². The molecule has 0 aliphatic carbocycles. The van der Waals surface area contributed by atoms with E-state index in [-0.39, 0.29) is 6.61 Å². The number of benzene rings is 1. The van der Waals surface area contributed by atoms with E-state index in [1.165, 1.54) is 22.3 Å². The molecule has 2 rings (SSSR count). The molecule has 1 N–H and O–H groups in total. The van der Waals surface area contributed by atoms with Crippen molar-refractivity contribution >= 4 is 0 Å². The summed E-state index contributed by atoms with van der Waals surface area (Å²) in [5, 5.41) is 9.18. The lowest BCUT2D eigenvalue weighted by molar-refractivity contribution is 0.0742. The fraction of sp³-hybridized carbons (Fsp3) is 0.647. The number of piperazine rings is 1. The van der Waals surface area contributed by atoms with Crippen molar-refractivity contribution in [1.29, 1.82) is 0 Å². The van der Waals surface area contributed by atoms with E-state index >= 15 is 0 Å². The number of likely N-dealkylation sites (N-methyl/N-ethyl adjacent to an activating group) is 1. The van der Waals surface area contributed by atoms with Crippen molar-refractivity contribution < 1.29 is 5.11 Å². The topological polar surface area (TPSA) is 26.7 Å². The molecule has 1 aromatic rings. The van der Waals surface area contributed by atoms with Crippen LogP contribution in [0.25, 0.3) is 0 Å². The molecule has 1 aliphatic heterocycles. The molecule has 0 amide bonds. The maximum Gasteiger partial charge on any atom is 0.0446 e. The predicted octanol–water partition coefficient (Wildman–Crippen LogP) is 2.11. The van der Waals surface area contributed by atoms with Gasteiger partial charge in [0.15, 0.2) is 0 Å². The van der Waals surface area contributed by atoms with Crippen LogP contribution < -0.4 is 0 Å². The third-order valence-electron chi connectivity index (χ3n) is 4.67. The van der Waals surface area contributed by atoms with Gasteiger partial charge in [0.25, 0.3) is 0 Å². The van der Waals surface area contributed by atoms with Gasteiger partial charge in [-0.05, 0) is 56.5 Å². The van der Waals surface area contributed by atoms with Crippen molar-refractivity contribution in [2.75, 3.05) is 33.3 Å². The third kappa shape index (κ3) is 3.60. The van der Waals surface area contributed by atoms with Gasteiger partial charge in [-0.15, -0.1) is 0 Å². The summed E-state index contributed by atoms with van der Waals surface area (Å²) in [4.78, 5) is 4.90. The summed E-state index contributed by atoms with van der Waals surface area (Å²) in [6, 6.07) is 5.12. The minimum absolute atomic E-state index is 0.283. The zero-order valence-electron chi connectivity index (χ0n) is 13.3. The highest BCUT2D eigenvalue weighted by molar-refractivity contribution is 5.36. The van der Waals surface area contributed by atoms with Crippen molar-refractivity contribution in [2.45, 2.75) is 39.8 Å². The Morgan fingerprint density at radius 3 is 2.50 bits per heavy atom. The Morgan fingerprint density at radius 1 is 1.10 bits per heavy atom. The normalized spacial score (nSPS) is 21.4. The predicted molar refractivity (Wildman–Crippen MR) is 84.1 cm³/mol. The molecular formula is C17H28N2O. The highest BCUT2D eigenvalue weighted by Gasteiger charge is 2.24. The van der Waals surface area contributed by atoms with Gasteiger partial charge in [-0.3, -0.25) is 4.90 Å². The molecule has 112 valence electrons. The minimum Gasteiger partial charge on any atom is -0.396 e. The molecule has 0 bridgehead atoms. The second-order valence-corrected chi connectivity index (χ2v) is 6.24. The summed E-state index contributed by atoms with van der Waals surface area (Å²) in [6.07, 6.45) is 0.874. The van der Waals surface area contributed by atoms with Gasteiger partial charge in [-0.2, -0.15) is 0 Å². The highest BCUT2D eigenvalue weighted by atomic mass is 16.3. The molecule has 1 heterocycles. The van der Waals surface area contributed by atoms with Gasteiger partial charge in [0, 0.05) is 38.8 Å². The van der Waals surface area contributed by atoms with Crippen LogP contribution >= 0.6 is 0 Å². The van der Waals surface area contributed by atoms with E-state index in [2.05, 4.69) is 49.8 Å². The summed E-state index contributed by atoms with van der Waals surface area (Å²) < 4.78 is 0. The Hall–Kier alpha value is -0.900. The van der Waals surface area contributed by atoms with Crippen LogP contribution in [-0.4, -0.2) is 54.2 Å². The molecule has 3 heteroatoms. The van der Waals surface area contributed by atoms with E-state index in [0.717, 1.165) is 32.6 Å². The second kappa shape index (κ2) is 6.70. The summed E-state index contributed by atoms with van der Waals surface area (Å²) in [6.45, 7) is 11.2. The van der Waals surface area contributed by atoms with Crippen molar-refractivity contribution in [3.8, 4) is 0 Å². The number of aliphatic hydroxyl groups excluding tert-OH is 1. The average Bonchev–Trinajstić information content (AvgIpc) is 2.40. The van der Waals surface area contributed by atoms with Gasteiger partial charge in [-0.1, -0.05) is 12.1 Å². The summed E-state index contributed by atoms with van der Waals surface area (Å²) >= 11 is 0. The van der Waals surface area contributed by atoms with Crippen LogP contribution in [0.4, 0.5) is 0 Å².